The monoisotopic (exact) mass is 192 g/mol. The minimum atomic E-state index is -3.72. The molecule has 60 valence electrons. The molecule has 0 N–H and O–H groups in total. The zero-order valence-corrected chi connectivity index (χ0v) is 7.22. The highest BCUT2D eigenvalue weighted by Gasteiger charge is 2.10. The fraction of sp³-hybridized carbons (Fsp3) is 0.200. The lowest BCUT2D eigenvalue weighted by Crippen LogP contribution is -1.96. The van der Waals surface area contributed by atoms with E-state index in [0.717, 1.165) is 6.20 Å². The third-order valence-electron chi connectivity index (χ3n) is 1.01. The second-order valence-electron chi connectivity index (χ2n) is 1.93. The van der Waals surface area contributed by atoms with Gasteiger partial charge in [-0.2, -0.15) is 0 Å². The van der Waals surface area contributed by atoms with Gasteiger partial charge in [-0.1, -0.05) is 0 Å². The molecule has 0 radical (unpaired) electrons. The average Bonchev–Trinajstić information content (AvgIpc) is 1.86. The van der Waals surface area contributed by atoms with Crippen molar-refractivity contribution < 1.29 is 8.42 Å². The van der Waals surface area contributed by atoms with Crippen LogP contribution in [0, 0.1) is 6.92 Å². The van der Waals surface area contributed by atoms with E-state index >= 15 is 0 Å². The first kappa shape index (κ1) is 8.42. The molecule has 0 unspecified atom stereocenters. The predicted octanol–water partition coefficient (Wildman–Crippen LogP) is 0.713. The lowest BCUT2D eigenvalue weighted by atomic mass is 10.5. The van der Waals surface area contributed by atoms with Crippen LogP contribution in [0.5, 0.6) is 0 Å². The van der Waals surface area contributed by atoms with E-state index in [1.807, 2.05) is 0 Å². The van der Waals surface area contributed by atoms with E-state index in [4.69, 9.17) is 10.7 Å². The topological polar surface area (TPSA) is 59.9 Å². The summed E-state index contributed by atoms with van der Waals surface area (Å²) in [5, 5.41) is -0.218. The molecule has 1 heterocycles. The molecule has 0 aliphatic rings. The van der Waals surface area contributed by atoms with Crippen molar-refractivity contribution in [1.82, 2.24) is 9.97 Å². The van der Waals surface area contributed by atoms with E-state index in [-0.39, 0.29) is 5.03 Å². The Morgan fingerprint density at radius 2 is 2.00 bits per heavy atom. The summed E-state index contributed by atoms with van der Waals surface area (Å²) >= 11 is 0. The molecule has 1 aromatic heterocycles. The van der Waals surface area contributed by atoms with E-state index in [0.29, 0.717) is 5.69 Å². The Kier molecular flexibility index (Phi) is 2.10. The standard InChI is InChI=1S/C5H5ClN2O2S/c1-4-2-8-5(3-7-4)11(6,9)10/h2-3H,1H3. The number of halogens is 1. The number of hydrogen-bond donors (Lipinski definition) is 0. The molecule has 0 saturated carbocycles. The number of hydrogen-bond acceptors (Lipinski definition) is 4. The van der Waals surface area contributed by atoms with E-state index in [2.05, 4.69) is 9.97 Å². The first-order chi connectivity index (χ1) is 5.00. The van der Waals surface area contributed by atoms with Gasteiger partial charge in [0.05, 0.1) is 11.9 Å². The van der Waals surface area contributed by atoms with Crippen molar-refractivity contribution in [2.75, 3.05) is 0 Å². The average molecular weight is 193 g/mol. The maximum Gasteiger partial charge on any atom is 0.280 e. The SMILES string of the molecule is Cc1cnc(S(=O)(=O)Cl)cn1. The van der Waals surface area contributed by atoms with Gasteiger partial charge in [0.25, 0.3) is 9.05 Å². The van der Waals surface area contributed by atoms with Crippen LogP contribution >= 0.6 is 10.7 Å². The molecule has 0 aliphatic carbocycles. The molecule has 1 rings (SSSR count). The van der Waals surface area contributed by atoms with Gasteiger partial charge < -0.3 is 0 Å². The smallest absolute Gasteiger partial charge is 0.257 e. The van der Waals surface area contributed by atoms with Crippen LogP contribution in [0.4, 0.5) is 0 Å². The Morgan fingerprint density at radius 1 is 1.36 bits per heavy atom. The molecule has 0 amide bonds. The lowest BCUT2D eigenvalue weighted by Gasteiger charge is -1.93. The summed E-state index contributed by atoms with van der Waals surface area (Å²) in [6.45, 7) is 1.71. The molecule has 0 saturated heterocycles. The van der Waals surface area contributed by atoms with Crippen molar-refractivity contribution >= 4 is 19.7 Å². The molecule has 0 fully saturated rings. The van der Waals surface area contributed by atoms with E-state index < -0.39 is 9.05 Å². The van der Waals surface area contributed by atoms with Crippen molar-refractivity contribution in [2.24, 2.45) is 0 Å². The van der Waals surface area contributed by atoms with Gasteiger partial charge in [0.15, 0.2) is 5.03 Å². The van der Waals surface area contributed by atoms with Crippen molar-refractivity contribution in [2.45, 2.75) is 11.9 Å². The van der Waals surface area contributed by atoms with Crippen molar-refractivity contribution in [1.29, 1.82) is 0 Å². The van der Waals surface area contributed by atoms with Crippen molar-refractivity contribution in [3.63, 3.8) is 0 Å². The van der Waals surface area contributed by atoms with Crippen LogP contribution in [0.3, 0.4) is 0 Å². The molecular weight excluding hydrogens is 188 g/mol. The van der Waals surface area contributed by atoms with E-state index in [9.17, 15) is 8.42 Å². The summed E-state index contributed by atoms with van der Waals surface area (Å²) in [7, 11) is 1.26. The normalized spacial score (nSPS) is 11.5. The van der Waals surface area contributed by atoms with Gasteiger partial charge in [0.1, 0.15) is 0 Å². The summed E-state index contributed by atoms with van der Waals surface area (Å²) in [6, 6.07) is 0. The Morgan fingerprint density at radius 3 is 2.36 bits per heavy atom. The van der Waals surface area contributed by atoms with Gasteiger partial charge in [-0.05, 0) is 6.92 Å². The molecule has 11 heavy (non-hydrogen) atoms. The van der Waals surface area contributed by atoms with Gasteiger partial charge in [0, 0.05) is 16.9 Å². The highest BCUT2D eigenvalue weighted by atomic mass is 35.7. The second-order valence-corrected chi connectivity index (χ2v) is 4.45. The Labute approximate surface area is 68.7 Å². The maximum atomic E-state index is 10.6. The van der Waals surface area contributed by atoms with Gasteiger partial charge in [-0.3, -0.25) is 4.98 Å². The summed E-state index contributed by atoms with van der Waals surface area (Å²) in [6.07, 6.45) is 2.47. The van der Waals surface area contributed by atoms with Crippen LogP contribution in [0.2, 0.25) is 0 Å². The molecule has 1 aromatic rings. The number of aryl methyl sites for hydroxylation is 1. The largest absolute Gasteiger partial charge is 0.280 e. The van der Waals surface area contributed by atoms with Crippen LogP contribution in [-0.4, -0.2) is 18.4 Å². The number of nitrogens with zero attached hydrogens (tertiary/aromatic N) is 2. The first-order valence-corrected chi connectivity index (χ1v) is 5.04. The first-order valence-electron chi connectivity index (χ1n) is 2.73. The molecule has 0 aromatic carbocycles. The third-order valence-corrected chi connectivity index (χ3v) is 2.19. The number of rotatable bonds is 1. The van der Waals surface area contributed by atoms with E-state index in [1.165, 1.54) is 6.20 Å². The summed E-state index contributed by atoms with van der Waals surface area (Å²) < 4.78 is 21.2. The Hall–Kier alpha value is -0.680. The quantitative estimate of drug-likeness (QED) is 0.615. The van der Waals surface area contributed by atoms with E-state index in [1.54, 1.807) is 6.92 Å². The predicted molar refractivity (Wildman–Crippen MR) is 39.8 cm³/mol. The van der Waals surface area contributed by atoms with Crippen LogP contribution in [0.15, 0.2) is 17.4 Å². The Bertz CT molecular complexity index is 345. The zero-order chi connectivity index (χ0) is 8.48. The lowest BCUT2D eigenvalue weighted by molar-refractivity contribution is 0.605. The zero-order valence-electron chi connectivity index (χ0n) is 5.65. The second kappa shape index (κ2) is 2.75. The van der Waals surface area contributed by atoms with Crippen LogP contribution in [0.1, 0.15) is 5.69 Å². The van der Waals surface area contributed by atoms with Gasteiger partial charge in [0.2, 0.25) is 0 Å². The molecule has 4 nitrogen and oxygen atoms in total. The highest BCUT2D eigenvalue weighted by molar-refractivity contribution is 8.13. The minimum absolute atomic E-state index is 0.218. The molecule has 6 heteroatoms. The maximum absolute atomic E-state index is 10.6. The molecule has 0 atom stereocenters. The highest BCUT2D eigenvalue weighted by Crippen LogP contribution is 2.09. The van der Waals surface area contributed by atoms with Gasteiger partial charge >= 0.3 is 0 Å². The molecule has 0 spiro atoms. The molecule has 0 bridgehead atoms. The van der Waals surface area contributed by atoms with Crippen molar-refractivity contribution in [3.05, 3.63) is 18.1 Å². The van der Waals surface area contributed by atoms with Crippen molar-refractivity contribution in [3.8, 4) is 0 Å². The number of aromatic nitrogens is 2. The fourth-order valence-corrected chi connectivity index (χ4v) is 1.10. The molecule has 0 aliphatic heterocycles. The van der Waals surface area contributed by atoms with Gasteiger partial charge in [-0.25, -0.2) is 13.4 Å². The summed E-state index contributed by atoms with van der Waals surface area (Å²) in [5.41, 5.74) is 0.647. The van der Waals surface area contributed by atoms with Gasteiger partial charge in [-0.15, -0.1) is 0 Å². The third kappa shape index (κ3) is 2.13. The van der Waals surface area contributed by atoms with Crippen LogP contribution in [-0.2, 0) is 9.05 Å². The Balaban J connectivity index is 3.20. The van der Waals surface area contributed by atoms with Crippen LogP contribution < -0.4 is 0 Å². The molecular formula is C5H5ClN2O2S. The van der Waals surface area contributed by atoms with Crippen LogP contribution in [0.25, 0.3) is 0 Å². The summed E-state index contributed by atoms with van der Waals surface area (Å²) in [5.74, 6) is 0. The fourth-order valence-electron chi connectivity index (χ4n) is 0.507. The summed E-state index contributed by atoms with van der Waals surface area (Å²) in [4.78, 5) is 7.29. The minimum Gasteiger partial charge on any atom is -0.257 e.